The van der Waals surface area contributed by atoms with Gasteiger partial charge in [-0.05, 0) is 6.42 Å². The van der Waals surface area contributed by atoms with Crippen LogP contribution >= 0.6 is 8.25 Å². The van der Waals surface area contributed by atoms with E-state index in [2.05, 4.69) is 15.0 Å². The van der Waals surface area contributed by atoms with Gasteiger partial charge in [0.1, 0.15) is 0 Å². The molecule has 0 fully saturated rings. The fraction of sp³-hybridized carbons (Fsp3) is 1.00. The van der Waals surface area contributed by atoms with Crippen molar-refractivity contribution in [3.63, 3.8) is 0 Å². The van der Waals surface area contributed by atoms with Crippen LogP contribution in [0.15, 0.2) is 0 Å². The van der Waals surface area contributed by atoms with Crippen LogP contribution in [0.5, 0.6) is 0 Å². The molecule has 1 unspecified atom stereocenters. The SMILES string of the molecule is CCCO[PH](=O)ON.[CaH2]. The van der Waals surface area contributed by atoms with Gasteiger partial charge in [-0.3, -0.25) is 4.57 Å². The molecule has 0 spiro atoms. The summed E-state index contributed by atoms with van der Waals surface area (Å²) in [5.74, 6) is 4.52. The molecule has 0 amide bonds. The maximum atomic E-state index is 10.2. The van der Waals surface area contributed by atoms with Gasteiger partial charge in [-0.25, -0.2) is 10.5 Å². The molecular formula is C3H12CaNO3P. The Morgan fingerprint density at radius 2 is 2.22 bits per heavy atom. The standard InChI is InChI=1S/C3H10NO3P.Ca.2H/c1-2-3-6-8(5)7-4;;;/h8H,2-4H2,1H3;;;. The summed E-state index contributed by atoms with van der Waals surface area (Å²) in [6.45, 7) is 2.35. The monoisotopic (exact) mass is 181 g/mol. The molecule has 54 valence electrons. The average Bonchev–Trinajstić information content (AvgIpc) is 1.83. The van der Waals surface area contributed by atoms with Crippen molar-refractivity contribution in [2.75, 3.05) is 6.61 Å². The van der Waals surface area contributed by atoms with E-state index in [1.807, 2.05) is 6.92 Å². The molecule has 0 saturated heterocycles. The number of nitrogens with two attached hydrogens (primary N) is 1. The van der Waals surface area contributed by atoms with Crippen molar-refractivity contribution in [2.45, 2.75) is 13.3 Å². The van der Waals surface area contributed by atoms with Gasteiger partial charge in [-0.1, -0.05) is 6.92 Å². The van der Waals surface area contributed by atoms with Crippen molar-refractivity contribution in [3.05, 3.63) is 0 Å². The van der Waals surface area contributed by atoms with Crippen LogP contribution in [-0.2, 0) is 13.7 Å². The van der Waals surface area contributed by atoms with Crippen LogP contribution in [0.2, 0.25) is 0 Å². The zero-order valence-electron chi connectivity index (χ0n) is 4.72. The van der Waals surface area contributed by atoms with E-state index in [-0.39, 0.29) is 37.7 Å². The molecule has 0 aliphatic carbocycles. The van der Waals surface area contributed by atoms with Crippen LogP contribution in [0, 0.1) is 0 Å². The van der Waals surface area contributed by atoms with E-state index >= 15 is 0 Å². The van der Waals surface area contributed by atoms with Crippen LogP contribution in [-0.4, -0.2) is 44.3 Å². The average molecular weight is 181 g/mol. The summed E-state index contributed by atoms with van der Waals surface area (Å²) < 4.78 is 18.6. The van der Waals surface area contributed by atoms with Gasteiger partial charge in [0.25, 0.3) is 0 Å². The molecule has 0 aromatic heterocycles. The summed E-state index contributed by atoms with van der Waals surface area (Å²) in [5.41, 5.74) is 0. The fourth-order valence-corrected chi connectivity index (χ4v) is 0.658. The Morgan fingerprint density at radius 3 is 2.56 bits per heavy atom. The van der Waals surface area contributed by atoms with E-state index in [0.717, 1.165) is 6.42 Å². The topological polar surface area (TPSA) is 61.5 Å². The Bertz CT molecular complexity index is 81.5. The van der Waals surface area contributed by atoms with E-state index in [1.165, 1.54) is 0 Å². The van der Waals surface area contributed by atoms with Crippen molar-refractivity contribution < 1.29 is 13.7 Å². The summed E-state index contributed by atoms with van der Waals surface area (Å²) in [4.78, 5) is 0. The van der Waals surface area contributed by atoms with Gasteiger partial charge in [0.2, 0.25) is 0 Å². The Kier molecular flexibility index (Phi) is 13.5. The first kappa shape index (κ1) is 13.0. The molecule has 1 atom stereocenters. The normalized spacial score (nSPS) is 12.2. The molecule has 0 aliphatic heterocycles. The molecule has 0 aromatic rings. The molecule has 0 rings (SSSR count). The molecule has 0 saturated carbocycles. The minimum absolute atomic E-state index is 0. The third kappa shape index (κ3) is 9.37. The van der Waals surface area contributed by atoms with Gasteiger partial charge >= 0.3 is 46.0 Å². The van der Waals surface area contributed by atoms with Crippen LogP contribution in [0.3, 0.4) is 0 Å². The van der Waals surface area contributed by atoms with Crippen LogP contribution in [0.1, 0.15) is 13.3 Å². The Morgan fingerprint density at radius 1 is 1.67 bits per heavy atom. The molecule has 0 heterocycles. The molecule has 4 nitrogen and oxygen atoms in total. The Hall–Kier alpha value is 1.37. The molecule has 0 bridgehead atoms. The first-order valence-corrected chi connectivity index (χ1v) is 3.57. The zero-order chi connectivity index (χ0) is 6.41. The molecule has 0 aromatic carbocycles. The summed E-state index contributed by atoms with van der Waals surface area (Å²) >= 11 is 0. The van der Waals surface area contributed by atoms with Crippen molar-refractivity contribution in [1.82, 2.24) is 0 Å². The molecule has 0 aliphatic rings. The second-order valence-corrected chi connectivity index (χ2v) is 2.24. The molecule has 6 heteroatoms. The van der Waals surface area contributed by atoms with Crippen LogP contribution in [0.4, 0.5) is 0 Å². The zero-order valence-corrected chi connectivity index (χ0v) is 5.72. The summed E-state index contributed by atoms with van der Waals surface area (Å²) in [7, 11) is -2.36. The van der Waals surface area contributed by atoms with E-state index in [4.69, 9.17) is 0 Å². The predicted octanol–water partition coefficient (Wildman–Crippen LogP) is -0.223. The van der Waals surface area contributed by atoms with Gasteiger partial charge < -0.3 is 4.52 Å². The van der Waals surface area contributed by atoms with Crippen molar-refractivity contribution >= 4 is 46.0 Å². The second kappa shape index (κ2) is 9.37. The minimum atomic E-state index is -2.36. The molecular weight excluding hydrogens is 169 g/mol. The van der Waals surface area contributed by atoms with E-state index in [0.29, 0.717) is 6.61 Å². The van der Waals surface area contributed by atoms with Gasteiger partial charge in [0.15, 0.2) is 0 Å². The summed E-state index contributed by atoms with van der Waals surface area (Å²) in [5, 5.41) is 0. The van der Waals surface area contributed by atoms with E-state index in [9.17, 15) is 4.57 Å². The first-order valence-electron chi connectivity index (χ1n) is 2.34. The van der Waals surface area contributed by atoms with E-state index < -0.39 is 8.25 Å². The predicted molar refractivity (Wildman–Crippen MR) is 39.1 cm³/mol. The summed E-state index contributed by atoms with van der Waals surface area (Å²) in [6.07, 6.45) is 0.819. The van der Waals surface area contributed by atoms with Gasteiger partial charge in [-0.2, -0.15) is 0 Å². The van der Waals surface area contributed by atoms with Crippen molar-refractivity contribution in [1.29, 1.82) is 0 Å². The van der Waals surface area contributed by atoms with Crippen LogP contribution < -0.4 is 5.90 Å². The second-order valence-electron chi connectivity index (χ2n) is 1.22. The van der Waals surface area contributed by atoms with Crippen LogP contribution in [0.25, 0.3) is 0 Å². The quantitative estimate of drug-likeness (QED) is 0.370. The van der Waals surface area contributed by atoms with Gasteiger partial charge in [0.05, 0.1) is 6.61 Å². The van der Waals surface area contributed by atoms with Gasteiger partial charge in [0, 0.05) is 0 Å². The first-order chi connectivity index (χ1) is 3.81. The third-order valence-corrected chi connectivity index (χ3v) is 1.15. The maximum absolute atomic E-state index is 10.2. The number of hydrogen-bond acceptors (Lipinski definition) is 4. The number of hydrogen-bond donors (Lipinski definition) is 1. The van der Waals surface area contributed by atoms with Crippen molar-refractivity contribution in [2.24, 2.45) is 5.90 Å². The summed E-state index contributed by atoms with van der Waals surface area (Å²) in [6, 6.07) is 0. The molecule has 2 N–H and O–H groups in total. The molecule has 0 radical (unpaired) electrons. The van der Waals surface area contributed by atoms with E-state index in [1.54, 1.807) is 0 Å². The number of rotatable bonds is 4. The third-order valence-electron chi connectivity index (χ3n) is 0.520. The van der Waals surface area contributed by atoms with Gasteiger partial charge in [-0.15, -0.1) is 0 Å². The van der Waals surface area contributed by atoms with Crippen molar-refractivity contribution in [3.8, 4) is 0 Å². The fourth-order valence-electron chi connectivity index (χ4n) is 0.219. The Balaban J connectivity index is 0. The molecule has 9 heavy (non-hydrogen) atoms. The Labute approximate surface area is 85.0 Å².